The summed E-state index contributed by atoms with van der Waals surface area (Å²) in [5, 5.41) is 3.84. The summed E-state index contributed by atoms with van der Waals surface area (Å²) in [5.41, 5.74) is 3.88. The molecule has 0 saturated heterocycles. The number of pyridine rings is 1. The van der Waals surface area contributed by atoms with E-state index in [2.05, 4.69) is 24.1 Å². The third kappa shape index (κ3) is 3.17. The van der Waals surface area contributed by atoms with Crippen LogP contribution in [0.25, 0.3) is 11.0 Å². The van der Waals surface area contributed by atoms with Crippen molar-refractivity contribution in [2.75, 3.05) is 0 Å². The predicted octanol–water partition coefficient (Wildman–Crippen LogP) is 3.57. The van der Waals surface area contributed by atoms with E-state index in [1.807, 2.05) is 24.3 Å². The lowest BCUT2D eigenvalue weighted by Gasteiger charge is -2.31. The molecule has 1 aromatic carbocycles. The smallest absolute Gasteiger partial charge is 0.261 e. The Kier molecular flexibility index (Phi) is 3.94. The molecule has 1 amide bonds. The maximum absolute atomic E-state index is 12.5. The highest BCUT2D eigenvalue weighted by Gasteiger charge is 2.27. The van der Waals surface area contributed by atoms with Crippen molar-refractivity contribution in [2.24, 2.45) is 5.41 Å². The summed E-state index contributed by atoms with van der Waals surface area (Å²) in [7, 11) is 0. The van der Waals surface area contributed by atoms with Crippen LogP contribution in [0.5, 0.6) is 0 Å². The van der Waals surface area contributed by atoms with Gasteiger partial charge >= 0.3 is 0 Å². The zero-order chi connectivity index (χ0) is 18.3. The van der Waals surface area contributed by atoms with Crippen molar-refractivity contribution in [1.82, 2.24) is 10.3 Å². The minimum atomic E-state index is -0.343. The van der Waals surface area contributed by atoms with E-state index < -0.39 is 0 Å². The third-order valence-electron chi connectivity index (χ3n) is 5.15. The molecule has 0 fully saturated rings. The van der Waals surface area contributed by atoms with Crippen LogP contribution in [-0.4, -0.2) is 10.9 Å². The molecule has 26 heavy (non-hydrogen) atoms. The van der Waals surface area contributed by atoms with Gasteiger partial charge in [-0.3, -0.25) is 9.59 Å². The molecule has 2 aromatic heterocycles. The predicted molar refractivity (Wildman–Crippen MR) is 100 cm³/mol. The second-order valence-electron chi connectivity index (χ2n) is 7.83. The highest BCUT2D eigenvalue weighted by atomic mass is 16.3. The molecule has 2 N–H and O–H groups in total. The molecule has 0 radical (unpaired) electrons. The fourth-order valence-corrected chi connectivity index (χ4v) is 3.63. The lowest BCUT2D eigenvalue weighted by Crippen LogP contribution is -2.32. The van der Waals surface area contributed by atoms with Gasteiger partial charge in [0.2, 0.25) is 0 Å². The molecular weight excluding hydrogens is 328 g/mol. The van der Waals surface area contributed by atoms with Crippen LogP contribution in [0.3, 0.4) is 0 Å². The lowest BCUT2D eigenvalue weighted by atomic mass is 9.76. The SMILES string of the molecule is CC1(C)CCc2[nH]c(=O)c(C(=O)NCc3ccc4occc4c3)cc2C1. The molecule has 0 bridgehead atoms. The van der Waals surface area contributed by atoms with E-state index in [0.717, 1.165) is 47.1 Å². The Bertz CT molecular complexity index is 1040. The topological polar surface area (TPSA) is 75.1 Å². The van der Waals surface area contributed by atoms with Crippen molar-refractivity contribution in [3.8, 4) is 0 Å². The molecule has 1 aliphatic carbocycles. The maximum Gasteiger partial charge on any atom is 0.261 e. The Balaban J connectivity index is 1.53. The normalized spacial score (nSPS) is 15.6. The molecular formula is C21H22N2O3. The van der Waals surface area contributed by atoms with Gasteiger partial charge in [-0.2, -0.15) is 0 Å². The number of furan rings is 1. The van der Waals surface area contributed by atoms with Crippen molar-refractivity contribution in [3.63, 3.8) is 0 Å². The fraction of sp³-hybridized carbons (Fsp3) is 0.333. The number of carbonyl (C=O) groups excluding carboxylic acids is 1. The Morgan fingerprint density at radius 3 is 2.96 bits per heavy atom. The number of hydrogen-bond donors (Lipinski definition) is 2. The molecule has 134 valence electrons. The third-order valence-corrected chi connectivity index (χ3v) is 5.15. The first-order valence-electron chi connectivity index (χ1n) is 8.91. The quantitative estimate of drug-likeness (QED) is 0.758. The Morgan fingerprint density at radius 1 is 1.27 bits per heavy atom. The number of hydrogen-bond acceptors (Lipinski definition) is 3. The Hall–Kier alpha value is -2.82. The first kappa shape index (κ1) is 16.6. The minimum Gasteiger partial charge on any atom is -0.464 e. The zero-order valence-corrected chi connectivity index (χ0v) is 15.0. The molecule has 0 atom stereocenters. The Labute approximate surface area is 151 Å². The molecule has 5 heteroatoms. The van der Waals surface area contributed by atoms with Crippen LogP contribution in [0.15, 0.2) is 45.8 Å². The van der Waals surface area contributed by atoms with Gasteiger partial charge in [0.25, 0.3) is 11.5 Å². The van der Waals surface area contributed by atoms with Crippen LogP contribution in [0, 0.1) is 5.41 Å². The largest absolute Gasteiger partial charge is 0.464 e. The van der Waals surface area contributed by atoms with Crippen LogP contribution >= 0.6 is 0 Å². The second kappa shape index (κ2) is 6.16. The van der Waals surface area contributed by atoms with Crippen molar-refractivity contribution >= 4 is 16.9 Å². The van der Waals surface area contributed by atoms with E-state index in [9.17, 15) is 9.59 Å². The summed E-state index contributed by atoms with van der Waals surface area (Å²) in [6, 6.07) is 9.41. The van der Waals surface area contributed by atoms with E-state index >= 15 is 0 Å². The van der Waals surface area contributed by atoms with Gasteiger partial charge in [0, 0.05) is 17.6 Å². The molecule has 0 aliphatic heterocycles. The molecule has 0 unspecified atom stereocenters. The summed E-state index contributed by atoms with van der Waals surface area (Å²) in [4.78, 5) is 27.8. The van der Waals surface area contributed by atoms with E-state index in [4.69, 9.17) is 4.42 Å². The molecule has 0 spiro atoms. The van der Waals surface area contributed by atoms with Crippen molar-refractivity contribution in [1.29, 1.82) is 0 Å². The van der Waals surface area contributed by atoms with E-state index in [-0.39, 0.29) is 22.4 Å². The molecule has 3 aromatic rings. The van der Waals surface area contributed by atoms with Crippen LogP contribution in [0.4, 0.5) is 0 Å². The van der Waals surface area contributed by atoms with E-state index in [0.29, 0.717) is 6.54 Å². The molecule has 1 aliphatic rings. The number of rotatable bonds is 3. The number of aromatic nitrogens is 1. The maximum atomic E-state index is 12.5. The summed E-state index contributed by atoms with van der Waals surface area (Å²) in [6.45, 7) is 4.79. The fourth-order valence-electron chi connectivity index (χ4n) is 3.63. The lowest BCUT2D eigenvalue weighted by molar-refractivity contribution is 0.0949. The minimum absolute atomic E-state index is 0.186. The van der Waals surface area contributed by atoms with Crippen molar-refractivity contribution in [3.05, 3.63) is 69.3 Å². The average Bonchev–Trinajstić information content (AvgIpc) is 3.06. The van der Waals surface area contributed by atoms with Gasteiger partial charge in [-0.1, -0.05) is 19.9 Å². The average molecular weight is 350 g/mol. The van der Waals surface area contributed by atoms with Crippen molar-refractivity contribution in [2.45, 2.75) is 39.7 Å². The van der Waals surface area contributed by atoms with Crippen LogP contribution in [-0.2, 0) is 19.4 Å². The van der Waals surface area contributed by atoms with Gasteiger partial charge in [0.05, 0.1) is 6.26 Å². The number of nitrogens with one attached hydrogen (secondary N) is 2. The van der Waals surface area contributed by atoms with E-state index in [1.54, 1.807) is 12.3 Å². The zero-order valence-electron chi connectivity index (χ0n) is 15.0. The van der Waals surface area contributed by atoms with Crippen LogP contribution in [0.2, 0.25) is 0 Å². The number of amides is 1. The van der Waals surface area contributed by atoms with E-state index in [1.165, 1.54) is 0 Å². The number of benzene rings is 1. The standard InChI is InChI=1S/C21H22N2O3/c1-21(2)7-5-17-15(11-21)10-16(20(25)23-17)19(24)22-12-13-3-4-18-14(9-13)6-8-26-18/h3-4,6,8-10H,5,7,11-12H2,1-2H3,(H,22,24)(H,23,25). The van der Waals surface area contributed by atoms with Gasteiger partial charge < -0.3 is 14.7 Å². The van der Waals surface area contributed by atoms with Crippen molar-refractivity contribution < 1.29 is 9.21 Å². The number of carbonyl (C=O) groups is 1. The van der Waals surface area contributed by atoms with Gasteiger partial charge in [0.15, 0.2) is 0 Å². The van der Waals surface area contributed by atoms with Crippen LogP contribution in [0.1, 0.15) is 47.4 Å². The molecule has 4 rings (SSSR count). The summed E-state index contributed by atoms with van der Waals surface area (Å²) in [5.74, 6) is -0.343. The summed E-state index contributed by atoms with van der Waals surface area (Å²) >= 11 is 0. The second-order valence-corrected chi connectivity index (χ2v) is 7.83. The number of aromatic amines is 1. The highest BCUT2D eigenvalue weighted by Crippen LogP contribution is 2.33. The molecule has 5 nitrogen and oxygen atoms in total. The van der Waals surface area contributed by atoms with Gasteiger partial charge in [0.1, 0.15) is 11.1 Å². The van der Waals surface area contributed by atoms with Gasteiger partial charge in [-0.25, -0.2) is 0 Å². The van der Waals surface area contributed by atoms with Gasteiger partial charge in [-0.05, 0) is 60.1 Å². The molecule has 2 heterocycles. The molecule has 0 saturated carbocycles. The van der Waals surface area contributed by atoms with Gasteiger partial charge in [-0.15, -0.1) is 0 Å². The Morgan fingerprint density at radius 2 is 2.12 bits per heavy atom. The first-order chi connectivity index (χ1) is 12.4. The monoisotopic (exact) mass is 350 g/mol. The first-order valence-corrected chi connectivity index (χ1v) is 8.91. The number of H-pyrrole nitrogens is 1. The number of fused-ring (bicyclic) bond motifs is 2. The summed E-state index contributed by atoms with van der Waals surface area (Å²) in [6.07, 6.45) is 4.40. The highest BCUT2D eigenvalue weighted by molar-refractivity contribution is 5.94. The van der Waals surface area contributed by atoms with Crippen LogP contribution < -0.4 is 10.9 Å². The number of aryl methyl sites for hydroxylation is 1. The summed E-state index contributed by atoms with van der Waals surface area (Å²) < 4.78 is 5.32.